The molecule has 2 unspecified atom stereocenters. The number of rotatable bonds is 5. The summed E-state index contributed by atoms with van der Waals surface area (Å²) >= 11 is 0. The van der Waals surface area contributed by atoms with Crippen molar-refractivity contribution in [2.24, 2.45) is 11.1 Å². The Labute approximate surface area is 92.2 Å². The van der Waals surface area contributed by atoms with Gasteiger partial charge in [-0.1, -0.05) is 34.1 Å². The first-order valence-electron chi connectivity index (χ1n) is 5.50. The van der Waals surface area contributed by atoms with E-state index in [-0.39, 0.29) is 17.9 Å². The Hall–Kier alpha value is -0.610. The van der Waals surface area contributed by atoms with Crippen molar-refractivity contribution in [1.82, 2.24) is 5.32 Å². The number of hydrogen-bond acceptors (Lipinski definition) is 3. The van der Waals surface area contributed by atoms with E-state index in [2.05, 4.69) is 5.32 Å². The van der Waals surface area contributed by atoms with E-state index < -0.39 is 12.1 Å². The summed E-state index contributed by atoms with van der Waals surface area (Å²) in [4.78, 5) is 11.6. The van der Waals surface area contributed by atoms with E-state index in [1.807, 2.05) is 27.7 Å². The Kier molecular flexibility index (Phi) is 5.83. The predicted octanol–water partition coefficient (Wildman–Crippen LogP) is 0.637. The number of amides is 1. The lowest BCUT2D eigenvalue weighted by Crippen LogP contribution is -2.50. The molecule has 0 radical (unpaired) electrons. The number of carbonyl (C=O) groups excluding carboxylic acids is 1. The van der Waals surface area contributed by atoms with Gasteiger partial charge in [-0.25, -0.2) is 0 Å². The largest absolute Gasteiger partial charge is 0.391 e. The molecule has 0 fully saturated rings. The van der Waals surface area contributed by atoms with Crippen LogP contribution in [0.3, 0.4) is 0 Å². The molecule has 90 valence electrons. The van der Waals surface area contributed by atoms with E-state index >= 15 is 0 Å². The van der Waals surface area contributed by atoms with Crippen LogP contribution in [0, 0.1) is 5.41 Å². The van der Waals surface area contributed by atoms with E-state index in [0.29, 0.717) is 6.42 Å². The van der Waals surface area contributed by atoms with Crippen LogP contribution < -0.4 is 11.1 Å². The predicted molar refractivity (Wildman–Crippen MR) is 61.4 cm³/mol. The van der Waals surface area contributed by atoms with Crippen molar-refractivity contribution < 1.29 is 9.90 Å². The van der Waals surface area contributed by atoms with Crippen LogP contribution in [0.5, 0.6) is 0 Å². The molecule has 0 bridgehead atoms. The number of aliphatic hydroxyl groups excluding tert-OH is 1. The second kappa shape index (κ2) is 6.08. The third-order valence-corrected chi connectivity index (χ3v) is 2.35. The van der Waals surface area contributed by atoms with Crippen molar-refractivity contribution in [3.63, 3.8) is 0 Å². The minimum Gasteiger partial charge on any atom is -0.391 e. The topological polar surface area (TPSA) is 75.3 Å². The van der Waals surface area contributed by atoms with Gasteiger partial charge in [-0.2, -0.15) is 0 Å². The molecule has 1 amide bonds. The zero-order valence-electron chi connectivity index (χ0n) is 10.2. The fourth-order valence-electron chi connectivity index (χ4n) is 1.16. The molecule has 4 nitrogen and oxygen atoms in total. The van der Waals surface area contributed by atoms with Crippen LogP contribution in [0.15, 0.2) is 0 Å². The molecule has 0 heterocycles. The van der Waals surface area contributed by atoms with Crippen LogP contribution in [0.2, 0.25) is 0 Å². The summed E-state index contributed by atoms with van der Waals surface area (Å²) in [5.74, 6) is -0.197. The SMILES string of the molecule is CCCC(O)CNC(=O)C(N)C(C)(C)C. The molecule has 0 aromatic carbocycles. The smallest absolute Gasteiger partial charge is 0.237 e. The summed E-state index contributed by atoms with van der Waals surface area (Å²) in [6.45, 7) is 8.03. The van der Waals surface area contributed by atoms with Gasteiger partial charge in [0.2, 0.25) is 5.91 Å². The molecular formula is C11H24N2O2. The number of nitrogens with one attached hydrogen (secondary N) is 1. The van der Waals surface area contributed by atoms with Gasteiger partial charge in [0.15, 0.2) is 0 Å². The summed E-state index contributed by atoms with van der Waals surface area (Å²) in [5, 5.41) is 12.1. The molecule has 0 spiro atoms. The minimum absolute atomic E-state index is 0.197. The van der Waals surface area contributed by atoms with Crippen molar-refractivity contribution in [2.45, 2.75) is 52.7 Å². The monoisotopic (exact) mass is 216 g/mol. The van der Waals surface area contributed by atoms with Crippen LogP contribution in [0.1, 0.15) is 40.5 Å². The summed E-state index contributed by atoms with van der Waals surface area (Å²) in [7, 11) is 0. The van der Waals surface area contributed by atoms with Crippen molar-refractivity contribution >= 4 is 5.91 Å². The summed E-state index contributed by atoms with van der Waals surface area (Å²) < 4.78 is 0. The third kappa shape index (κ3) is 5.74. The molecule has 4 N–H and O–H groups in total. The zero-order chi connectivity index (χ0) is 12.1. The van der Waals surface area contributed by atoms with Gasteiger partial charge in [0.25, 0.3) is 0 Å². The molecule has 0 aromatic heterocycles. The number of carbonyl (C=O) groups is 1. The first-order valence-corrected chi connectivity index (χ1v) is 5.50. The average molecular weight is 216 g/mol. The second-order valence-electron chi connectivity index (χ2n) is 5.03. The number of nitrogens with two attached hydrogens (primary N) is 1. The molecular weight excluding hydrogens is 192 g/mol. The van der Waals surface area contributed by atoms with Gasteiger partial charge in [0, 0.05) is 6.54 Å². The van der Waals surface area contributed by atoms with Gasteiger partial charge in [0.05, 0.1) is 12.1 Å². The first kappa shape index (κ1) is 14.4. The molecule has 4 heteroatoms. The second-order valence-corrected chi connectivity index (χ2v) is 5.03. The number of hydrogen-bond donors (Lipinski definition) is 3. The molecule has 15 heavy (non-hydrogen) atoms. The average Bonchev–Trinajstić information content (AvgIpc) is 2.12. The highest BCUT2D eigenvalue weighted by Gasteiger charge is 2.27. The molecule has 2 atom stereocenters. The van der Waals surface area contributed by atoms with Gasteiger partial charge < -0.3 is 16.2 Å². The molecule has 0 rings (SSSR count). The fraction of sp³-hybridized carbons (Fsp3) is 0.909. The standard InChI is InChI=1S/C11H24N2O2/c1-5-6-8(14)7-13-10(15)9(12)11(2,3)4/h8-9,14H,5-7,12H2,1-4H3,(H,13,15). The van der Waals surface area contributed by atoms with E-state index in [4.69, 9.17) is 5.73 Å². The maximum atomic E-state index is 11.6. The molecule has 0 aromatic rings. The molecule has 0 aliphatic carbocycles. The first-order chi connectivity index (χ1) is 6.79. The van der Waals surface area contributed by atoms with Crippen LogP contribution >= 0.6 is 0 Å². The highest BCUT2D eigenvalue weighted by molar-refractivity contribution is 5.82. The maximum absolute atomic E-state index is 11.6. The van der Waals surface area contributed by atoms with Crippen molar-refractivity contribution in [1.29, 1.82) is 0 Å². The Balaban J connectivity index is 3.94. The van der Waals surface area contributed by atoms with Crippen LogP contribution in [-0.2, 0) is 4.79 Å². The van der Waals surface area contributed by atoms with Gasteiger partial charge >= 0.3 is 0 Å². The van der Waals surface area contributed by atoms with Crippen LogP contribution in [0.4, 0.5) is 0 Å². The van der Waals surface area contributed by atoms with E-state index in [1.54, 1.807) is 0 Å². The summed E-state index contributed by atoms with van der Waals surface area (Å²) in [6.07, 6.45) is 1.14. The molecule has 0 saturated carbocycles. The third-order valence-electron chi connectivity index (χ3n) is 2.35. The quantitative estimate of drug-likeness (QED) is 0.631. The molecule has 0 saturated heterocycles. The van der Waals surface area contributed by atoms with Gasteiger partial charge in [-0.3, -0.25) is 4.79 Å². The zero-order valence-corrected chi connectivity index (χ0v) is 10.2. The van der Waals surface area contributed by atoms with Gasteiger partial charge in [0.1, 0.15) is 0 Å². The van der Waals surface area contributed by atoms with Gasteiger partial charge in [-0.05, 0) is 11.8 Å². The Morgan fingerprint density at radius 1 is 1.47 bits per heavy atom. The van der Waals surface area contributed by atoms with Crippen LogP contribution in [0.25, 0.3) is 0 Å². The lowest BCUT2D eigenvalue weighted by Gasteiger charge is -2.26. The van der Waals surface area contributed by atoms with E-state index in [0.717, 1.165) is 6.42 Å². The van der Waals surface area contributed by atoms with Crippen molar-refractivity contribution in [2.75, 3.05) is 6.54 Å². The van der Waals surface area contributed by atoms with Crippen molar-refractivity contribution in [3.8, 4) is 0 Å². The Morgan fingerprint density at radius 2 is 2.00 bits per heavy atom. The van der Waals surface area contributed by atoms with Crippen LogP contribution in [-0.4, -0.2) is 29.7 Å². The highest BCUT2D eigenvalue weighted by atomic mass is 16.3. The summed E-state index contributed by atoms with van der Waals surface area (Å²) in [5.41, 5.74) is 5.51. The maximum Gasteiger partial charge on any atom is 0.237 e. The molecule has 0 aliphatic heterocycles. The van der Waals surface area contributed by atoms with Crippen molar-refractivity contribution in [3.05, 3.63) is 0 Å². The van der Waals surface area contributed by atoms with E-state index in [1.165, 1.54) is 0 Å². The highest BCUT2D eigenvalue weighted by Crippen LogP contribution is 2.17. The lowest BCUT2D eigenvalue weighted by atomic mass is 9.87. The lowest BCUT2D eigenvalue weighted by molar-refractivity contribution is -0.125. The van der Waals surface area contributed by atoms with E-state index in [9.17, 15) is 9.90 Å². The fourth-order valence-corrected chi connectivity index (χ4v) is 1.16. The minimum atomic E-state index is -0.536. The Bertz CT molecular complexity index is 199. The normalized spacial score (nSPS) is 15.9. The summed E-state index contributed by atoms with van der Waals surface area (Å²) in [6, 6.07) is -0.536. The number of aliphatic hydroxyl groups is 1. The van der Waals surface area contributed by atoms with Gasteiger partial charge in [-0.15, -0.1) is 0 Å². The Morgan fingerprint density at radius 3 is 2.40 bits per heavy atom. The molecule has 0 aliphatic rings.